The molecule has 3 aromatic rings. The standard InChI is InChI=1S/C24H20O3/c25-22-16-17-26-23(22)18-27-24(19-10-4-1-5-11-19,20-12-6-2-7-13-20)21-14-8-3-9-15-21/h1-17,23H,18H2/t23-/m1/s1. The molecular weight excluding hydrogens is 336 g/mol. The fourth-order valence-corrected chi connectivity index (χ4v) is 3.47. The minimum absolute atomic E-state index is 0.0712. The van der Waals surface area contributed by atoms with E-state index >= 15 is 0 Å². The van der Waals surface area contributed by atoms with Crippen molar-refractivity contribution in [2.75, 3.05) is 6.61 Å². The topological polar surface area (TPSA) is 35.5 Å². The highest BCUT2D eigenvalue weighted by Gasteiger charge is 2.39. The van der Waals surface area contributed by atoms with Gasteiger partial charge in [-0.25, -0.2) is 0 Å². The molecule has 27 heavy (non-hydrogen) atoms. The van der Waals surface area contributed by atoms with E-state index in [2.05, 4.69) is 36.4 Å². The Bertz CT molecular complexity index is 821. The molecule has 0 N–H and O–H groups in total. The second-order valence-electron chi connectivity index (χ2n) is 6.42. The SMILES string of the molecule is O=C1C=CO[C@@H]1COC(c1ccccc1)(c1ccccc1)c1ccccc1. The predicted octanol–water partition coefficient (Wildman–Crippen LogP) is 4.48. The number of ketones is 1. The summed E-state index contributed by atoms with van der Waals surface area (Å²) in [6.45, 7) is 0.157. The molecule has 0 spiro atoms. The quantitative estimate of drug-likeness (QED) is 0.611. The van der Waals surface area contributed by atoms with Gasteiger partial charge in [0.15, 0.2) is 6.10 Å². The van der Waals surface area contributed by atoms with Crippen LogP contribution in [-0.2, 0) is 19.9 Å². The highest BCUT2D eigenvalue weighted by Crippen LogP contribution is 2.40. The Hall–Kier alpha value is -3.17. The molecule has 0 amide bonds. The van der Waals surface area contributed by atoms with Crippen molar-refractivity contribution in [1.82, 2.24) is 0 Å². The summed E-state index contributed by atoms with van der Waals surface area (Å²) in [5.74, 6) is -0.0712. The average Bonchev–Trinajstić information content (AvgIpc) is 3.16. The maximum atomic E-state index is 12.0. The van der Waals surface area contributed by atoms with Gasteiger partial charge in [-0.2, -0.15) is 0 Å². The number of rotatable bonds is 6. The lowest BCUT2D eigenvalue weighted by molar-refractivity contribution is -0.125. The molecular formula is C24H20O3. The van der Waals surface area contributed by atoms with Gasteiger partial charge in [0.1, 0.15) is 5.60 Å². The summed E-state index contributed by atoms with van der Waals surface area (Å²) in [7, 11) is 0. The van der Waals surface area contributed by atoms with E-state index in [9.17, 15) is 4.79 Å². The van der Waals surface area contributed by atoms with Gasteiger partial charge < -0.3 is 9.47 Å². The van der Waals surface area contributed by atoms with Crippen molar-refractivity contribution in [1.29, 1.82) is 0 Å². The molecule has 3 nitrogen and oxygen atoms in total. The number of carbonyl (C=O) groups excluding carboxylic acids is 1. The smallest absolute Gasteiger partial charge is 0.201 e. The number of hydrogen-bond acceptors (Lipinski definition) is 3. The normalized spacial score (nSPS) is 16.3. The molecule has 0 radical (unpaired) electrons. The average molecular weight is 356 g/mol. The summed E-state index contributed by atoms with van der Waals surface area (Å²) in [4.78, 5) is 12.0. The molecule has 1 heterocycles. The Labute approximate surface area is 158 Å². The lowest BCUT2D eigenvalue weighted by Gasteiger charge is -2.36. The number of carbonyl (C=O) groups is 1. The van der Waals surface area contributed by atoms with Crippen molar-refractivity contribution >= 4 is 5.78 Å². The first-order valence-electron chi connectivity index (χ1n) is 8.97. The predicted molar refractivity (Wildman–Crippen MR) is 104 cm³/mol. The molecule has 134 valence electrons. The van der Waals surface area contributed by atoms with Crippen LogP contribution in [0.1, 0.15) is 16.7 Å². The Morgan fingerprint density at radius 1 is 0.741 bits per heavy atom. The van der Waals surface area contributed by atoms with E-state index in [0.29, 0.717) is 0 Å². The van der Waals surface area contributed by atoms with E-state index in [4.69, 9.17) is 9.47 Å². The van der Waals surface area contributed by atoms with Crippen molar-refractivity contribution in [2.24, 2.45) is 0 Å². The Morgan fingerprint density at radius 2 is 1.19 bits per heavy atom. The molecule has 0 saturated carbocycles. The second-order valence-corrected chi connectivity index (χ2v) is 6.42. The monoisotopic (exact) mass is 356 g/mol. The fraction of sp³-hybridized carbons (Fsp3) is 0.125. The van der Waals surface area contributed by atoms with Crippen molar-refractivity contribution < 1.29 is 14.3 Å². The van der Waals surface area contributed by atoms with Gasteiger partial charge in [0.05, 0.1) is 12.9 Å². The van der Waals surface area contributed by atoms with E-state index < -0.39 is 11.7 Å². The number of hydrogen-bond donors (Lipinski definition) is 0. The molecule has 1 aliphatic rings. The minimum atomic E-state index is -0.837. The van der Waals surface area contributed by atoms with Gasteiger partial charge in [-0.1, -0.05) is 91.0 Å². The molecule has 0 fully saturated rings. The molecule has 1 atom stereocenters. The van der Waals surface area contributed by atoms with E-state index in [1.54, 1.807) is 0 Å². The van der Waals surface area contributed by atoms with Crippen molar-refractivity contribution in [2.45, 2.75) is 11.7 Å². The first-order valence-corrected chi connectivity index (χ1v) is 8.97. The summed E-state index contributed by atoms with van der Waals surface area (Å²) < 4.78 is 12.0. The minimum Gasteiger partial charge on any atom is -0.487 e. The fourth-order valence-electron chi connectivity index (χ4n) is 3.47. The molecule has 0 unspecified atom stereocenters. The third-order valence-corrected chi connectivity index (χ3v) is 4.78. The van der Waals surface area contributed by atoms with Crippen LogP contribution in [0.15, 0.2) is 103 Å². The highest BCUT2D eigenvalue weighted by molar-refractivity contribution is 5.95. The van der Waals surface area contributed by atoms with Gasteiger partial charge in [-0.15, -0.1) is 0 Å². The highest BCUT2D eigenvalue weighted by atomic mass is 16.5. The summed E-state index contributed by atoms with van der Waals surface area (Å²) >= 11 is 0. The summed E-state index contributed by atoms with van der Waals surface area (Å²) in [6, 6.07) is 30.2. The van der Waals surface area contributed by atoms with E-state index in [-0.39, 0.29) is 12.4 Å². The van der Waals surface area contributed by atoms with Gasteiger partial charge in [0, 0.05) is 6.08 Å². The van der Waals surface area contributed by atoms with Crippen LogP contribution >= 0.6 is 0 Å². The lowest BCUT2D eigenvalue weighted by atomic mass is 9.80. The van der Waals surface area contributed by atoms with Gasteiger partial charge in [0.2, 0.25) is 5.78 Å². The molecule has 4 rings (SSSR count). The van der Waals surface area contributed by atoms with Crippen LogP contribution in [0.4, 0.5) is 0 Å². The van der Waals surface area contributed by atoms with Crippen LogP contribution < -0.4 is 0 Å². The Kier molecular flexibility index (Phi) is 4.86. The maximum Gasteiger partial charge on any atom is 0.201 e. The van der Waals surface area contributed by atoms with Crippen LogP contribution in [0.25, 0.3) is 0 Å². The summed E-state index contributed by atoms with van der Waals surface area (Å²) in [6.07, 6.45) is 2.27. The Balaban J connectivity index is 1.85. The number of benzene rings is 3. The first kappa shape index (κ1) is 17.3. The van der Waals surface area contributed by atoms with E-state index in [0.717, 1.165) is 16.7 Å². The van der Waals surface area contributed by atoms with Crippen molar-refractivity contribution in [3.63, 3.8) is 0 Å². The molecule has 0 saturated heterocycles. The van der Waals surface area contributed by atoms with Gasteiger partial charge in [-0.05, 0) is 16.7 Å². The van der Waals surface area contributed by atoms with Gasteiger partial charge >= 0.3 is 0 Å². The number of ether oxygens (including phenoxy) is 2. The lowest BCUT2D eigenvalue weighted by Crippen LogP contribution is -2.37. The van der Waals surface area contributed by atoms with Crippen molar-refractivity contribution in [3.05, 3.63) is 120 Å². The maximum absolute atomic E-state index is 12.0. The van der Waals surface area contributed by atoms with Crippen molar-refractivity contribution in [3.8, 4) is 0 Å². The molecule has 3 heteroatoms. The van der Waals surface area contributed by atoms with Gasteiger partial charge in [-0.3, -0.25) is 4.79 Å². The zero-order chi connectivity index (χ0) is 18.5. The van der Waals surface area contributed by atoms with Crippen LogP contribution in [-0.4, -0.2) is 18.5 Å². The molecule has 3 aromatic carbocycles. The van der Waals surface area contributed by atoms with Gasteiger partial charge in [0.25, 0.3) is 0 Å². The Morgan fingerprint density at radius 3 is 1.56 bits per heavy atom. The molecule has 0 aromatic heterocycles. The summed E-state index contributed by atoms with van der Waals surface area (Å²) in [5.41, 5.74) is 2.16. The molecule has 0 bridgehead atoms. The largest absolute Gasteiger partial charge is 0.487 e. The van der Waals surface area contributed by atoms with Crippen LogP contribution in [0.5, 0.6) is 0 Å². The van der Waals surface area contributed by atoms with E-state index in [1.807, 2.05) is 54.6 Å². The zero-order valence-corrected chi connectivity index (χ0v) is 14.8. The first-order chi connectivity index (χ1) is 13.3. The van der Waals surface area contributed by atoms with Crippen LogP contribution in [0, 0.1) is 0 Å². The third kappa shape index (κ3) is 3.29. The molecule has 1 aliphatic heterocycles. The van der Waals surface area contributed by atoms with Crippen LogP contribution in [0.2, 0.25) is 0 Å². The zero-order valence-electron chi connectivity index (χ0n) is 14.8. The second kappa shape index (κ2) is 7.60. The van der Waals surface area contributed by atoms with Crippen LogP contribution in [0.3, 0.4) is 0 Å². The molecule has 0 aliphatic carbocycles. The third-order valence-electron chi connectivity index (χ3n) is 4.78. The van der Waals surface area contributed by atoms with E-state index in [1.165, 1.54) is 12.3 Å². The summed E-state index contributed by atoms with van der Waals surface area (Å²) in [5, 5.41) is 0.